The molecule has 0 aliphatic carbocycles. The van der Waals surface area contributed by atoms with Crippen molar-refractivity contribution >= 4 is 34.4 Å². The standard InChI is InChI=1S/C16H27N3O3.C4H9.BrH.Mg/c1-3-4-7-16(20)13(17)6-5-10-18-14-11-12(2)8-9-15(14)19(21)22;1-3-4-2;;/h8-9,11,13,16,18,20H,3-7,10,17H2,1-2H3;1,3-4H2,2H3;1H;/q;-1;;+2/p-1. The van der Waals surface area contributed by atoms with E-state index in [2.05, 4.69) is 26.1 Å². The van der Waals surface area contributed by atoms with Gasteiger partial charge in [0.1, 0.15) is 5.69 Å². The van der Waals surface area contributed by atoms with Crippen LogP contribution in [0, 0.1) is 24.0 Å². The maximum Gasteiger partial charge on any atom is 2.00 e. The number of nitro groups is 1. The van der Waals surface area contributed by atoms with Crippen LogP contribution in [0.5, 0.6) is 0 Å². The summed E-state index contributed by atoms with van der Waals surface area (Å²) in [4.78, 5) is 10.6. The average molecular weight is 471 g/mol. The molecule has 0 saturated carbocycles. The Hall–Kier alpha value is -0.414. The molecular weight excluding hydrogens is 434 g/mol. The van der Waals surface area contributed by atoms with Gasteiger partial charge in [-0.2, -0.15) is 6.42 Å². The molecular formula is C20H36BrMgN3O3. The molecule has 0 fully saturated rings. The summed E-state index contributed by atoms with van der Waals surface area (Å²) in [6.07, 6.45) is 6.01. The monoisotopic (exact) mass is 469 g/mol. The molecule has 0 heterocycles. The topological polar surface area (TPSA) is 101 Å². The molecule has 0 bridgehead atoms. The molecule has 8 heteroatoms. The van der Waals surface area contributed by atoms with Gasteiger partial charge < -0.3 is 40.1 Å². The van der Waals surface area contributed by atoms with E-state index < -0.39 is 6.10 Å². The van der Waals surface area contributed by atoms with E-state index in [1.54, 1.807) is 12.1 Å². The smallest absolute Gasteiger partial charge is 1.00 e. The van der Waals surface area contributed by atoms with E-state index in [1.165, 1.54) is 12.5 Å². The molecule has 28 heavy (non-hydrogen) atoms. The predicted octanol–water partition coefficient (Wildman–Crippen LogP) is 1.22. The van der Waals surface area contributed by atoms with Crippen molar-refractivity contribution in [3.63, 3.8) is 0 Å². The van der Waals surface area contributed by atoms with Gasteiger partial charge in [-0.05, 0) is 37.8 Å². The Balaban J connectivity index is -0.000000948. The zero-order valence-corrected chi connectivity index (χ0v) is 20.6. The number of benzene rings is 1. The van der Waals surface area contributed by atoms with Crippen LogP contribution in [0.4, 0.5) is 11.4 Å². The van der Waals surface area contributed by atoms with E-state index in [0.717, 1.165) is 37.7 Å². The summed E-state index contributed by atoms with van der Waals surface area (Å²) in [5, 5.41) is 24.0. The number of aliphatic hydroxyl groups is 1. The first-order valence-electron chi connectivity index (χ1n) is 9.59. The summed E-state index contributed by atoms with van der Waals surface area (Å²) < 4.78 is 0. The first-order valence-corrected chi connectivity index (χ1v) is 9.59. The van der Waals surface area contributed by atoms with Gasteiger partial charge in [0.05, 0.1) is 11.0 Å². The van der Waals surface area contributed by atoms with Crippen molar-refractivity contribution < 1.29 is 27.0 Å². The van der Waals surface area contributed by atoms with Crippen LogP contribution in [0.3, 0.4) is 0 Å². The minimum atomic E-state index is -0.465. The molecule has 0 amide bonds. The summed E-state index contributed by atoms with van der Waals surface area (Å²) in [5.74, 6) is 0. The van der Waals surface area contributed by atoms with E-state index in [-0.39, 0.29) is 56.7 Å². The van der Waals surface area contributed by atoms with Crippen molar-refractivity contribution in [3.8, 4) is 0 Å². The molecule has 0 saturated heterocycles. The van der Waals surface area contributed by atoms with Crippen LogP contribution < -0.4 is 28.0 Å². The summed E-state index contributed by atoms with van der Waals surface area (Å²) in [6.45, 7) is 10.3. The van der Waals surface area contributed by atoms with Gasteiger partial charge in [0.15, 0.2) is 0 Å². The first-order chi connectivity index (χ1) is 12.4. The number of rotatable bonds is 11. The molecule has 1 aromatic carbocycles. The second-order valence-corrected chi connectivity index (χ2v) is 6.57. The molecule has 4 N–H and O–H groups in total. The van der Waals surface area contributed by atoms with Gasteiger partial charge in [0.2, 0.25) is 0 Å². The maximum atomic E-state index is 11.0. The molecule has 0 aliphatic rings. The summed E-state index contributed by atoms with van der Waals surface area (Å²) in [6, 6.07) is 4.77. The number of unbranched alkanes of at least 4 members (excludes halogenated alkanes) is 2. The maximum absolute atomic E-state index is 11.0. The summed E-state index contributed by atoms with van der Waals surface area (Å²) in [7, 11) is 0. The van der Waals surface area contributed by atoms with Crippen molar-refractivity contribution in [1.82, 2.24) is 0 Å². The van der Waals surface area contributed by atoms with Crippen LogP contribution in [-0.2, 0) is 0 Å². The molecule has 6 nitrogen and oxygen atoms in total. The Morgan fingerprint density at radius 2 is 1.86 bits per heavy atom. The number of halogens is 1. The number of hydrogen-bond donors (Lipinski definition) is 3. The van der Waals surface area contributed by atoms with E-state index in [0.29, 0.717) is 18.7 Å². The van der Waals surface area contributed by atoms with Gasteiger partial charge in [-0.3, -0.25) is 10.1 Å². The van der Waals surface area contributed by atoms with Crippen molar-refractivity contribution in [3.05, 3.63) is 40.8 Å². The molecule has 0 spiro atoms. The zero-order chi connectivity index (χ0) is 19.9. The molecule has 1 rings (SSSR count). The number of nitrogens with two attached hydrogens (primary N) is 1. The molecule has 0 radical (unpaired) electrons. The van der Waals surface area contributed by atoms with Crippen molar-refractivity contribution in [2.24, 2.45) is 5.73 Å². The number of nitro benzene ring substituents is 1. The minimum absolute atomic E-state index is 0. The molecule has 0 aliphatic heterocycles. The van der Waals surface area contributed by atoms with E-state index in [9.17, 15) is 15.2 Å². The first kappa shape index (κ1) is 32.3. The van der Waals surface area contributed by atoms with E-state index >= 15 is 0 Å². The van der Waals surface area contributed by atoms with Gasteiger partial charge in [-0.25, -0.2) is 0 Å². The minimum Gasteiger partial charge on any atom is -1.00 e. The van der Waals surface area contributed by atoms with Gasteiger partial charge in [0.25, 0.3) is 5.69 Å². The molecule has 158 valence electrons. The second-order valence-electron chi connectivity index (χ2n) is 6.57. The Labute approximate surface area is 197 Å². The predicted molar refractivity (Wildman–Crippen MR) is 115 cm³/mol. The molecule has 2 unspecified atom stereocenters. The third kappa shape index (κ3) is 14.6. The number of nitrogens with zero attached hydrogens (tertiary/aromatic N) is 1. The van der Waals surface area contributed by atoms with Gasteiger partial charge >= 0.3 is 23.1 Å². The number of aryl methyl sites for hydroxylation is 1. The third-order valence-corrected chi connectivity index (χ3v) is 4.08. The van der Waals surface area contributed by atoms with Crippen LogP contribution in [-0.4, -0.2) is 51.8 Å². The average Bonchev–Trinajstić information content (AvgIpc) is 2.62. The van der Waals surface area contributed by atoms with E-state index in [4.69, 9.17) is 5.73 Å². The largest absolute Gasteiger partial charge is 2.00 e. The molecule has 2 atom stereocenters. The van der Waals surface area contributed by atoms with Crippen LogP contribution >= 0.6 is 0 Å². The number of aliphatic hydroxyl groups excluding tert-OH is 1. The number of anilines is 1. The fourth-order valence-electron chi connectivity index (χ4n) is 2.33. The van der Waals surface area contributed by atoms with Crippen LogP contribution in [0.25, 0.3) is 0 Å². The van der Waals surface area contributed by atoms with Gasteiger partial charge in [-0.15, -0.1) is 0 Å². The van der Waals surface area contributed by atoms with Crippen LogP contribution in [0.1, 0.15) is 64.4 Å². The Morgan fingerprint density at radius 3 is 2.36 bits per heavy atom. The quantitative estimate of drug-likeness (QED) is 0.148. The fraction of sp³-hybridized carbons (Fsp3) is 0.650. The van der Waals surface area contributed by atoms with Gasteiger partial charge in [-0.1, -0.05) is 39.2 Å². The molecule has 0 aromatic heterocycles. The van der Waals surface area contributed by atoms with Gasteiger partial charge in [0, 0.05) is 18.7 Å². The fourth-order valence-corrected chi connectivity index (χ4v) is 2.33. The van der Waals surface area contributed by atoms with E-state index in [1.807, 2.05) is 6.92 Å². The Bertz CT molecular complexity index is 519. The number of hydrogen-bond acceptors (Lipinski definition) is 5. The normalized spacial score (nSPS) is 11.8. The zero-order valence-electron chi connectivity index (χ0n) is 17.6. The number of nitrogens with one attached hydrogen (secondary N) is 1. The van der Waals surface area contributed by atoms with Crippen molar-refractivity contribution in [2.75, 3.05) is 11.9 Å². The van der Waals surface area contributed by atoms with Crippen molar-refractivity contribution in [1.29, 1.82) is 0 Å². The Kier molecular flexibility index (Phi) is 22.9. The second kappa shape index (κ2) is 19.9. The third-order valence-electron chi connectivity index (χ3n) is 4.08. The van der Waals surface area contributed by atoms with Crippen LogP contribution in [0.15, 0.2) is 18.2 Å². The SMILES string of the molecule is CCCCC(O)C(N)CCCNc1cc(C)ccc1[N+](=O)[O-].[Br-].[CH2-]CCC.[Mg+2]. The Morgan fingerprint density at radius 1 is 1.25 bits per heavy atom. The van der Waals surface area contributed by atoms with Crippen molar-refractivity contribution in [2.45, 2.75) is 77.9 Å². The van der Waals surface area contributed by atoms with Crippen LogP contribution in [0.2, 0.25) is 0 Å². The summed E-state index contributed by atoms with van der Waals surface area (Å²) in [5.41, 5.74) is 7.54. The molecule has 1 aromatic rings. The summed E-state index contributed by atoms with van der Waals surface area (Å²) >= 11 is 0.